The minimum Gasteiger partial charge on any atom is -0.316 e. The molecular weight excluding hydrogens is 160 g/mol. The summed E-state index contributed by atoms with van der Waals surface area (Å²) in [6, 6.07) is 2.21. The van der Waals surface area contributed by atoms with E-state index in [1.54, 1.807) is 0 Å². The van der Waals surface area contributed by atoms with E-state index in [9.17, 15) is 0 Å². The molecule has 0 aromatic carbocycles. The van der Waals surface area contributed by atoms with E-state index in [0.29, 0.717) is 0 Å². The number of aromatic nitrogens is 1. The predicted octanol–water partition coefficient (Wildman–Crippen LogP) is 2.10. The average molecular weight is 178 g/mol. The van der Waals surface area contributed by atoms with Gasteiger partial charge in [0.05, 0.1) is 0 Å². The molecule has 1 N–H and O–H groups in total. The van der Waals surface area contributed by atoms with Crippen LogP contribution < -0.4 is 5.32 Å². The molecule has 0 radical (unpaired) electrons. The summed E-state index contributed by atoms with van der Waals surface area (Å²) in [6.45, 7) is 7.49. The number of nitrogens with zero attached hydrogens (tertiary/aromatic N) is 1. The standard InChI is InChI=1S/C11H18N2/c1-11(2,3)10-5-9(6-12-4)7-13-8-10/h5,7-8,12H,6H2,1-4H3. The van der Waals surface area contributed by atoms with Crippen molar-refractivity contribution in [2.75, 3.05) is 7.05 Å². The second-order valence-electron chi connectivity index (χ2n) is 4.36. The van der Waals surface area contributed by atoms with E-state index in [1.807, 2.05) is 19.4 Å². The molecule has 1 heterocycles. The fourth-order valence-electron chi connectivity index (χ4n) is 1.20. The topological polar surface area (TPSA) is 24.9 Å². The van der Waals surface area contributed by atoms with Gasteiger partial charge in [0.2, 0.25) is 0 Å². The Morgan fingerprint density at radius 3 is 2.54 bits per heavy atom. The van der Waals surface area contributed by atoms with Gasteiger partial charge >= 0.3 is 0 Å². The minimum absolute atomic E-state index is 0.191. The molecule has 1 aromatic rings. The van der Waals surface area contributed by atoms with Crippen LogP contribution in [0.2, 0.25) is 0 Å². The number of nitrogens with one attached hydrogen (secondary N) is 1. The van der Waals surface area contributed by atoms with Crippen molar-refractivity contribution in [3.05, 3.63) is 29.6 Å². The maximum Gasteiger partial charge on any atom is 0.0313 e. The van der Waals surface area contributed by atoms with Crippen LogP contribution >= 0.6 is 0 Å². The molecule has 1 rings (SSSR count). The molecule has 0 fully saturated rings. The first-order valence-corrected chi connectivity index (χ1v) is 4.63. The van der Waals surface area contributed by atoms with Crippen molar-refractivity contribution in [1.82, 2.24) is 10.3 Å². The summed E-state index contributed by atoms with van der Waals surface area (Å²) in [5.74, 6) is 0. The van der Waals surface area contributed by atoms with Gasteiger partial charge in [-0.1, -0.05) is 26.8 Å². The van der Waals surface area contributed by atoms with E-state index < -0.39 is 0 Å². The first-order valence-electron chi connectivity index (χ1n) is 4.63. The number of hydrogen-bond acceptors (Lipinski definition) is 2. The Morgan fingerprint density at radius 2 is 2.00 bits per heavy atom. The number of rotatable bonds is 2. The van der Waals surface area contributed by atoms with Crippen LogP contribution in [0.5, 0.6) is 0 Å². The summed E-state index contributed by atoms with van der Waals surface area (Å²) in [5, 5.41) is 3.12. The van der Waals surface area contributed by atoms with Crippen LogP contribution in [-0.2, 0) is 12.0 Å². The highest BCUT2D eigenvalue weighted by Crippen LogP contribution is 2.21. The van der Waals surface area contributed by atoms with E-state index in [4.69, 9.17) is 0 Å². The van der Waals surface area contributed by atoms with Gasteiger partial charge in [-0.05, 0) is 23.6 Å². The molecule has 0 aliphatic heterocycles. The lowest BCUT2D eigenvalue weighted by Crippen LogP contribution is -2.13. The van der Waals surface area contributed by atoms with Crippen LogP contribution in [0, 0.1) is 0 Å². The molecule has 0 amide bonds. The molecule has 0 saturated heterocycles. The first kappa shape index (κ1) is 10.2. The average Bonchev–Trinajstić information content (AvgIpc) is 2.04. The minimum atomic E-state index is 0.191. The molecule has 0 spiro atoms. The summed E-state index contributed by atoms with van der Waals surface area (Å²) in [5.41, 5.74) is 2.73. The van der Waals surface area contributed by atoms with Crippen LogP contribution in [0.15, 0.2) is 18.5 Å². The van der Waals surface area contributed by atoms with Crippen molar-refractivity contribution in [3.8, 4) is 0 Å². The van der Waals surface area contributed by atoms with Gasteiger partial charge in [-0.2, -0.15) is 0 Å². The van der Waals surface area contributed by atoms with Gasteiger partial charge in [-0.3, -0.25) is 4.98 Å². The molecule has 1 aromatic heterocycles. The van der Waals surface area contributed by atoms with Crippen LogP contribution in [0.1, 0.15) is 31.9 Å². The van der Waals surface area contributed by atoms with E-state index in [2.05, 4.69) is 37.1 Å². The van der Waals surface area contributed by atoms with Crippen molar-refractivity contribution in [3.63, 3.8) is 0 Å². The zero-order valence-electron chi connectivity index (χ0n) is 8.89. The highest BCUT2D eigenvalue weighted by molar-refractivity contribution is 5.24. The molecule has 2 heteroatoms. The van der Waals surface area contributed by atoms with Crippen LogP contribution in [0.3, 0.4) is 0 Å². The highest BCUT2D eigenvalue weighted by Gasteiger charge is 2.13. The maximum absolute atomic E-state index is 4.23. The third-order valence-electron chi connectivity index (χ3n) is 2.04. The van der Waals surface area contributed by atoms with Gasteiger partial charge in [0.15, 0.2) is 0 Å². The summed E-state index contributed by atoms with van der Waals surface area (Å²) >= 11 is 0. The first-order chi connectivity index (χ1) is 6.04. The van der Waals surface area contributed by atoms with Crippen molar-refractivity contribution >= 4 is 0 Å². The molecule has 0 aliphatic rings. The zero-order valence-corrected chi connectivity index (χ0v) is 8.89. The van der Waals surface area contributed by atoms with Gasteiger partial charge in [-0.15, -0.1) is 0 Å². The Bertz CT molecular complexity index is 274. The molecular formula is C11H18N2. The lowest BCUT2D eigenvalue weighted by Gasteiger charge is -2.18. The summed E-state index contributed by atoms with van der Waals surface area (Å²) < 4.78 is 0. The summed E-state index contributed by atoms with van der Waals surface area (Å²) in [7, 11) is 1.95. The highest BCUT2D eigenvalue weighted by atomic mass is 14.8. The molecule has 72 valence electrons. The smallest absolute Gasteiger partial charge is 0.0313 e. The van der Waals surface area contributed by atoms with Gasteiger partial charge < -0.3 is 5.32 Å². The van der Waals surface area contributed by atoms with Crippen molar-refractivity contribution < 1.29 is 0 Å². The van der Waals surface area contributed by atoms with Crippen molar-refractivity contribution in [2.45, 2.75) is 32.7 Å². The lowest BCUT2D eigenvalue weighted by molar-refractivity contribution is 0.585. The van der Waals surface area contributed by atoms with Gasteiger partial charge in [0, 0.05) is 18.9 Å². The normalized spacial score (nSPS) is 11.7. The van der Waals surface area contributed by atoms with Crippen LogP contribution in [-0.4, -0.2) is 12.0 Å². The third-order valence-corrected chi connectivity index (χ3v) is 2.04. The molecule has 13 heavy (non-hydrogen) atoms. The zero-order chi connectivity index (χ0) is 9.90. The summed E-state index contributed by atoms with van der Waals surface area (Å²) in [4.78, 5) is 4.23. The maximum atomic E-state index is 4.23. The van der Waals surface area contributed by atoms with E-state index in [0.717, 1.165) is 6.54 Å². The van der Waals surface area contributed by atoms with E-state index in [-0.39, 0.29) is 5.41 Å². The van der Waals surface area contributed by atoms with Crippen molar-refractivity contribution in [2.24, 2.45) is 0 Å². The Labute approximate surface area is 80.4 Å². The van der Waals surface area contributed by atoms with Gasteiger partial charge in [0.1, 0.15) is 0 Å². The SMILES string of the molecule is CNCc1cncc(C(C)(C)C)c1. The predicted molar refractivity (Wildman–Crippen MR) is 55.7 cm³/mol. The van der Waals surface area contributed by atoms with E-state index >= 15 is 0 Å². The van der Waals surface area contributed by atoms with Crippen LogP contribution in [0.4, 0.5) is 0 Å². The second-order valence-corrected chi connectivity index (χ2v) is 4.36. The molecule has 0 unspecified atom stereocenters. The molecule has 0 atom stereocenters. The molecule has 2 nitrogen and oxygen atoms in total. The molecule has 0 bridgehead atoms. The summed E-state index contributed by atoms with van der Waals surface area (Å²) in [6.07, 6.45) is 3.85. The Kier molecular flexibility index (Phi) is 3.04. The quantitative estimate of drug-likeness (QED) is 0.750. The van der Waals surface area contributed by atoms with E-state index in [1.165, 1.54) is 11.1 Å². The van der Waals surface area contributed by atoms with Gasteiger partial charge in [-0.25, -0.2) is 0 Å². The Balaban J connectivity index is 2.92. The van der Waals surface area contributed by atoms with Crippen molar-refractivity contribution in [1.29, 1.82) is 0 Å². The van der Waals surface area contributed by atoms with Crippen LogP contribution in [0.25, 0.3) is 0 Å². The lowest BCUT2D eigenvalue weighted by atomic mass is 9.88. The monoisotopic (exact) mass is 178 g/mol. The van der Waals surface area contributed by atoms with Gasteiger partial charge in [0.25, 0.3) is 0 Å². The third kappa shape index (κ3) is 2.81. The second kappa shape index (κ2) is 3.88. The molecule has 0 aliphatic carbocycles. The molecule has 0 saturated carbocycles. The Morgan fingerprint density at radius 1 is 1.31 bits per heavy atom. The number of pyridine rings is 1. The largest absolute Gasteiger partial charge is 0.316 e. The fourth-order valence-corrected chi connectivity index (χ4v) is 1.20. The number of hydrogen-bond donors (Lipinski definition) is 1. The fraction of sp³-hybridized carbons (Fsp3) is 0.545. The Hall–Kier alpha value is -0.890.